The molecule has 0 bridgehead atoms. The fourth-order valence-corrected chi connectivity index (χ4v) is 3.70. The number of carbonyl (C=O) groups is 1. The van der Waals surface area contributed by atoms with Crippen LogP contribution in [0.15, 0.2) is 42.5 Å². The smallest absolute Gasteiger partial charge is 0.231 e. The molecule has 2 aromatic rings. The number of fused-ring (bicyclic) bond motifs is 1. The molecule has 3 atom stereocenters. The first kappa shape index (κ1) is 18.6. The highest BCUT2D eigenvalue weighted by atomic mass is 16.7. The third kappa shape index (κ3) is 3.90. The van der Waals surface area contributed by atoms with Gasteiger partial charge in [-0.3, -0.25) is 10.2 Å². The summed E-state index contributed by atoms with van der Waals surface area (Å²) in [6.45, 7) is 2.80. The van der Waals surface area contributed by atoms with Gasteiger partial charge in [0.25, 0.3) is 0 Å². The number of benzene rings is 2. The summed E-state index contributed by atoms with van der Waals surface area (Å²) in [4.78, 5) is 12.6. The summed E-state index contributed by atoms with van der Waals surface area (Å²) in [5.41, 5.74) is 8.70. The number of amides is 1. The molecule has 3 unspecified atom stereocenters. The molecule has 1 amide bonds. The quantitative estimate of drug-likeness (QED) is 0.710. The van der Waals surface area contributed by atoms with E-state index in [1.807, 2.05) is 42.5 Å². The second-order valence-corrected chi connectivity index (χ2v) is 7.16. The van der Waals surface area contributed by atoms with Crippen LogP contribution >= 0.6 is 0 Å². The molecule has 0 aromatic heterocycles. The van der Waals surface area contributed by atoms with E-state index in [1.54, 1.807) is 7.11 Å². The second kappa shape index (κ2) is 8.08. The van der Waals surface area contributed by atoms with E-state index in [-0.39, 0.29) is 30.7 Å². The first-order valence-corrected chi connectivity index (χ1v) is 9.44. The normalized spacial score (nSPS) is 22.9. The van der Waals surface area contributed by atoms with Gasteiger partial charge in [0.2, 0.25) is 12.7 Å². The lowest BCUT2D eigenvalue weighted by molar-refractivity contribution is -0.122. The van der Waals surface area contributed by atoms with Gasteiger partial charge < -0.3 is 19.5 Å². The van der Waals surface area contributed by atoms with Crippen molar-refractivity contribution in [2.75, 3.05) is 13.9 Å². The van der Waals surface area contributed by atoms with Crippen molar-refractivity contribution in [2.45, 2.75) is 32.0 Å². The molecular weight excluding hydrogens is 358 g/mol. The van der Waals surface area contributed by atoms with Crippen LogP contribution in [-0.4, -0.2) is 25.9 Å². The molecule has 148 valence electrons. The van der Waals surface area contributed by atoms with Crippen molar-refractivity contribution in [3.63, 3.8) is 0 Å². The Morgan fingerprint density at radius 2 is 1.93 bits per heavy atom. The van der Waals surface area contributed by atoms with Crippen molar-refractivity contribution >= 4 is 5.91 Å². The summed E-state index contributed by atoms with van der Waals surface area (Å²) < 4.78 is 15.9. The molecule has 7 heteroatoms. The van der Waals surface area contributed by atoms with Crippen molar-refractivity contribution in [3.8, 4) is 17.2 Å². The number of hydrazine groups is 1. The first-order valence-electron chi connectivity index (χ1n) is 9.44. The Hall–Kier alpha value is -2.77. The highest BCUT2D eigenvalue weighted by Crippen LogP contribution is 2.33. The SMILES string of the molecule is COc1ccc(C2NNC(C)C2CC(=O)NCc2ccc3c(c2)OCO3)cc1. The van der Waals surface area contributed by atoms with Gasteiger partial charge in [-0.1, -0.05) is 18.2 Å². The average Bonchev–Trinajstić information content (AvgIpc) is 3.33. The summed E-state index contributed by atoms with van der Waals surface area (Å²) >= 11 is 0. The molecule has 1 saturated heterocycles. The monoisotopic (exact) mass is 383 g/mol. The number of methoxy groups -OCH3 is 1. The van der Waals surface area contributed by atoms with Crippen LogP contribution in [0.25, 0.3) is 0 Å². The molecule has 1 fully saturated rings. The number of hydrogen-bond acceptors (Lipinski definition) is 6. The molecule has 7 nitrogen and oxygen atoms in total. The van der Waals surface area contributed by atoms with Gasteiger partial charge in [-0.15, -0.1) is 0 Å². The van der Waals surface area contributed by atoms with Crippen molar-refractivity contribution in [3.05, 3.63) is 53.6 Å². The summed E-state index contributed by atoms with van der Waals surface area (Å²) in [7, 11) is 1.65. The topological polar surface area (TPSA) is 80.9 Å². The molecule has 2 aliphatic heterocycles. The first-order chi connectivity index (χ1) is 13.6. The van der Waals surface area contributed by atoms with E-state index in [4.69, 9.17) is 14.2 Å². The fraction of sp³-hybridized carbons (Fsp3) is 0.381. The van der Waals surface area contributed by atoms with Gasteiger partial charge >= 0.3 is 0 Å². The maximum atomic E-state index is 12.6. The molecular formula is C21H25N3O4. The summed E-state index contributed by atoms with van der Waals surface area (Å²) in [6, 6.07) is 13.9. The minimum atomic E-state index is 0.0264. The van der Waals surface area contributed by atoms with E-state index in [1.165, 1.54) is 0 Å². The van der Waals surface area contributed by atoms with Gasteiger partial charge in [0.05, 0.1) is 13.2 Å². The van der Waals surface area contributed by atoms with Crippen LogP contribution in [0, 0.1) is 5.92 Å². The lowest BCUT2D eigenvalue weighted by atomic mass is 9.87. The van der Waals surface area contributed by atoms with Crippen LogP contribution in [0.4, 0.5) is 0 Å². The molecule has 0 radical (unpaired) electrons. The molecule has 0 spiro atoms. The molecule has 0 aliphatic carbocycles. The maximum absolute atomic E-state index is 12.6. The number of carbonyl (C=O) groups excluding carboxylic acids is 1. The summed E-state index contributed by atoms with van der Waals surface area (Å²) in [5, 5.41) is 3.02. The van der Waals surface area contributed by atoms with Crippen molar-refractivity contribution < 1.29 is 19.0 Å². The number of ether oxygens (including phenoxy) is 3. The molecule has 3 N–H and O–H groups in total. The van der Waals surface area contributed by atoms with E-state index < -0.39 is 0 Å². The number of rotatable bonds is 6. The lowest BCUT2D eigenvalue weighted by Gasteiger charge is -2.21. The average molecular weight is 383 g/mol. The Morgan fingerprint density at radius 1 is 1.14 bits per heavy atom. The third-order valence-electron chi connectivity index (χ3n) is 5.36. The van der Waals surface area contributed by atoms with Gasteiger partial charge in [0.1, 0.15) is 5.75 Å². The van der Waals surface area contributed by atoms with Crippen LogP contribution in [0.3, 0.4) is 0 Å². The zero-order valence-electron chi connectivity index (χ0n) is 16.0. The number of nitrogens with one attached hydrogen (secondary N) is 3. The summed E-state index contributed by atoms with van der Waals surface area (Å²) in [5.74, 6) is 2.46. The number of hydrogen-bond donors (Lipinski definition) is 3. The molecule has 2 aromatic carbocycles. The zero-order valence-corrected chi connectivity index (χ0v) is 16.0. The molecule has 2 aliphatic rings. The lowest BCUT2D eigenvalue weighted by Crippen LogP contribution is -2.31. The van der Waals surface area contributed by atoms with Gasteiger partial charge in [0.15, 0.2) is 11.5 Å². The second-order valence-electron chi connectivity index (χ2n) is 7.16. The predicted molar refractivity (Wildman–Crippen MR) is 104 cm³/mol. The van der Waals surface area contributed by atoms with E-state index in [2.05, 4.69) is 23.1 Å². The van der Waals surface area contributed by atoms with Gasteiger partial charge in [0, 0.05) is 24.9 Å². The van der Waals surface area contributed by atoms with Gasteiger partial charge in [-0.25, -0.2) is 5.43 Å². The van der Waals surface area contributed by atoms with E-state index in [0.29, 0.717) is 13.0 Å². The standard InChI is InChI=1S/C21H25N3O4/c1-13-17(21(24-23-13)15-4-6-16(26-2)7-5-15)10-20(25)22-11-14-3-8-18-19(9-14)28-12-27-18/h3-9,13,17,21,23-24H,10-12H2,1-2H3,(H,22,25). The van der Waals surface area contributed by atoms with Crippen molar-refractivity contribution in [2.24, 2.45) is 5.92 Å². The van der Waals surface area contributed by atoms with E-state index >= 15 is 0 Å². The zero-order chi connectivity index (χ0) is 19.5. The minimum absolute atomic E-state index is 0.0264. The molecule has 0 saturated carbocycles. The van der Waals surface area contributed by atoms with Crippen LogP contribution in [0.5, 0.6) is 17.2 Å². The predicted octanol–water partition coefficient (Wildman–Crippen LogP) is 2.28. The Kier molecular flexibility index (Phi) is 5.36. The van der Waals surface area contributed by atoms with Crippen molar-refractivity contribution in [1.29, 1.82) is 0 Å². The molecule has 28 heavy (non-hydrogen) atoms. The minimum Gasteiger partial charge on any atom is -0.497 e. The van der Waals surface area contributed by atoms with Crippen LogP contribution < -0.4 is 30.4 Å². The summed E-state index contributed by atoms with van der Waals surface area (Å²) in [6.07, 6.45) is 0.433. The van der Waals surface area contributed by atoms with Crippen LogP contribution in [0.2, 0.25) is 0 Å². The Labute approximate surface area is 164 Å². The molecule has 4 rings (SSSR count). The van der Waals surface area contributed by atoms with Crippen LogP contribution in [-0.2, 0) is 11.3 Å². The Balaban J connectivity index is 1.36. The molecule has 2 heterocycles. The van der Waals surface area contributed by atoms with Crippen LogP contribution in [0.1, 0.15) is 30.5 Å². The van der Waals surface area contributed by atoms with E-state index in [9.17, 15) is 4.79 Å². The largest absolute Gasteiger partial charge is 0.497 e. The van der Waals surface area contributed by atoms with Gasteiger partial charge in [-0.05, 0) is 42.3 Å². The Morgan fingerprint density at radius 3 is 2.71 bits per heavy atom. The van der Waals surface area contributed by atoms with Gasteiger partial charge in [-0.2, -0.15) is 0 Å². The maximum Gasteiger partial charge on any atom is 0.231 e. The Bertz CT molecular complexity index is 840. The van der Waals surface area contributed by atoms with E-state index in [0.717, 1.165) is 28.4 Å². The highest BCUT2D eigenvalue weighted by molar-refractivity contribution is 5.76. The van der Waals surface area contributed by atoms with Crippen molar-refractivity contribution in [1.82, 2.24) is 16.2 Å². The fourth-order valence-electron chi connectivity index (χ4n) is 3.70. The highest BCUT2D eigenvalue weighted by Gasteiger charge is 2.35. The third-order valence-corrected chi connectivity index (χ3v) is 5.36.